The second-order valence-electron chi connectivity index (χ2n) is 3.62. The molecular formula is C10H18N4. The van der Waals surface area contributed by atoms with Crippen molar-refractivity contribution in [2.75, 3.05) is 17.7 Å². The van der Waals surface area contributed by atoms with Gasteiger partial charge >= 0.3 is 0 Å². The Hall–Kier alpha value is -1.32. The smallest absolute Gasteiger partial charge is 0.137 e. The van der Waals surface area contributed by atoms with Crippen LogP contribution in [0.25, 0.3) is 0 Å². The molecule has 1 aromatic rings. The number of aromatic nitrogens is 2. The summed E-state index contributed by atoms with van der Waals surface area (Å²) in [4.78, 5) is 10.4. The molecule has 0 amide bonds. The van der Waals surface area contributed by atoms with Crippen molar-refractivity contribution < 1.29 is 0 Å². The van der Waals surface area contributed by atoms with Crippen LogP contribution in [0.5, 0.6) is 0 Å². The zero-order chi connectivity index (χ0) is 10.7. The number of nitrogens with zero attached hydrogens (tertiary/aromatic N) is 3. The van der Waals surface area contributed by atoms with E-state index in [1.54, 1.807) is 0 Å². The van der Waals surface area contributed by atoms with Crippen molar-refractivity contribution in [3.63, 3.8) is 0 Å². The molecule has 2 N–H and O–H groups in total. The molecule has 0 bridgehead atoms. The predicted octanol–water partition coefficient (Wildman–Crippen LogP) is 1.47. The van der Waals surface area contributed by atoms with Crippen LogP contribution >= 0.6 is 0 Å². The quantitative estimate of drug-likeness (QED) is 0.791. The first-order valence-corrected chi connectivity index (χ1v) is 4.90. The fraction of sp³-hybridized carbons (Fsp3) is 0.600. The largest absolute Gasteiger partial charge is 0.383 e. The highest BCUT2D eigenvalue weighted by Crippen LogP contribution is 2.21. The highest BCUT2D eigenvalue weighted by molar-refractivity contribution is 5.56. The Morgan fingerprint density at radius 2 is 2.07 bits per heavy atom. The molecule has 0 fully saturated rings. The predicted molar refractivity (Wildman–Crippen MR) is 59.4 cm³/mol. The van der Waals surface area contributed by atoms with Crippen LogP contribution in [0.1, 0.15) is 26.3 Å². The normalized spacial score (nSPS) is 10.6. The molecular weight excluding hydrogens is 176 g/mol. The minimum absolute atomic E-state index is 0.412. The lowest BCUT2D eigenvalue weighted by atomic mass is 10.2. The Bertz CT molecular complexity index is 309. The summed E-state index contributed by atoms with van der Waals surface area (Å²) in [5, 5.41) is 0. The van der Waals surface area contributed by atoms with E-state index in [4.69, 9.17) is 5.73 Å². The molecule has 1 heterocycles. The van der Waals surface area contributed by atoms with Gasteiger partial charge in [0.15, 0.2) is 0 Å². The fourth-order valence-electron chi connectivity index (χ4n) is 1.30. The lowest BCUT2D eigenvalue weighted by Crippen LogP contribution is -2.28. The topological polar surface area (TPSA) is 55.0 Å². The maximum absolute atomic E-state index is 5.79. The van der Waals surface area contributed by atoms with E-state index < -0.39 is 0 Å². The van der Waals surface area contributed by atoms with Gasteiger partial charge in [0.1, 0.15) is 18.0 Å². The molecule has 0 aliphatic heterocycles. The summed E-state index contributed by atoms with van der Waals surface area (Å²) in [5.74, 6) is 1.53. The van der Waals surface area contributed by atoms with Crippen LogP contribution in [0.15, 0.2) is 6.33 Å². The highest BCUT2D eigenvalue weighted by atomic mass is 15.2. The molecule has 0 radical (unpaired) electrons. The van der Waals surface area contributed by atoms with E-state index in [-0.39, 0.29) is 0 Å². The molecule has 0 aromatic carbocycles. The number of hydrogen-bond donors (Lipinski definition) is 1. The van der Waals surface area contributed by atoms with Gasteiger partial charge in [0, 0.05) is 18.7 Å². The molecule has 0 unspecified atom stereocenters. The Morgan fingerprint density at radius 1 is 1.43 bits per heavy atom. The van der Waals surface area contributed by atoms with Crippen LogP contribution in [0.4, 0.5) is 11.6 Å². The number of anilines is 2. The van der Waals surface area contributed by atoms with Gasteiger partial charge in [-0.2, -0.15) is 0 Å². The summed E-state index contributed by atoms with van der Waals surface area (Å²) in [6, 6.07) is 0.412. The van der Waals surface area contributed by atoms with Gasteiger partial charge in [0.05, 0.1) is 0 Å². The zero-order valence-electron chi connectivity index (χ0n) is 9.28. The molecule has 0 atom stereocenters. The summed E-state index contributed by atoms with van der Waals surface area (Å²) in [6.45, 7) is 6.31. The summed E-state index contributed by atoms with van der Waals surface area (Å²) >= 11 is 0. The summed E-state index contributed by atoms with van der Waals surface area (Å²) < 4.78 is 0. The Kier molecular flexibility index (Phi) is 3.28. The second kappa shape index (κ2) is 4.26. The standard InChI is InChI=1S/C10H18N4/c1-5-8-9(11)12-6-13-10(8)14(4)7(2)3/h6-7H,5H2,1-4H3,(H2,11,12,13). The van der Waals surface area contributed by atoms with E-state index in [0.717, 1.165) is 17.8 Å². The van der Waals surface area contributed by atoms with Crippen LogP contribution in [0.2, 0.25) is 0 Å². The van der Waals surface area contributed by atoms with E-state index >= 15 is 0 Å². The molecule has 1 aromatic heterocycles. The van der Waals surface area contributed by atoms with Crippen molar-refractivity contribution in [2.45, 2.75) is 33.2 Å². The lowest BCUT2D eigenvalue weighted by molar-refractivity contribution is 0.735. The van der Waals surface area contributed by atoms with Crippen LogP contribution in [0, 0.1) is 0 Å². The van der Waals surface area contributed by atoms with Crippen molar-refractivity contribution >= 4 is 11.6 Å². The third-order valence-electron chi connectivity index (χ3n) is 2.42. The lowest BCUT2D eigenvalue weighted by Gasteiger charge is -2.24. The highest BCUT2D eigenvalue weighted by Gasteiger charge is 2.13. The molecule has 0 aliphatic rings. The number of rotatable bonds is 3. The van der Waals surface area contributed by atoms with Crippen molar-refractivity contribution in [3.8, 4) is 0 Å². The average Bonchev–Trinajstić information content (AvgIpc) is 2.16. The third-order valence-corrected chi connectivity index (χ3v) is 2.42. The molecule has 14 heavy (non-hydrogen) atoms. The van der Waals surface area contributed by atoms with E-state index in [1.165, 1.54) is 6.33 Å². The molecule has 0 aliphatic carbocycles. The Balaban J connectivity index is 3.13. The van der Waals surface area contributed by atoms with Gasteiger partial charge in [-0.15, -0.1) is 0 Å². The van der Waals surface area contributed by atoms with E-state index in [1.807, 2.05) is 7.05 Å². The maximum Gasteiger partial charge on any atom is 0.137 e. The maximum atomic E-state index is 5.79. The van der Waals surface area contributed by atoms with Crippen LogP contribution in [-0.2, 0) is 6.42 Å². The molecule has 1 rings (SSSR count). The monoisotopic (exact) mass is 194 g/mol. The van der Waals surface area contributed by atoms with E-state index in [0.29, 0.717) is 11.9 Å². The first kappa shape index (κ1) is 10.8. The van der Waals surface area contributed by atoms with Crippen LogP contribution in [-0.4, -0.2) is 23.1 Å². The Morgan fingerprint density at radius 3 is 2.57 bits per heavy atom. The average molecular weight is 194 g/mol. The van der Waals surface area contributed by atoms with Gasteiger partial charge in [-0.05, 0) is 20.3 Å². The fourth-order valence-corrected chi connectivity index (χ4v) is 1.30. The molecule has 78 valence electrons. The first-order chi connectivity index (χ1) is 6.57. The van der Waals surface area contributed by atoms with Gasteiger partial charge in [-0.1, -0.05) is 6.92 Å². The Labute approximate surface area is 85.2 Å². The van der Waals surface area contributed by atoms with Crippen molar-refractivity contribution in [1.29, 1.82) is 0 Å². The van der Waals surface area contributed by atoms with E-state index in [9.17, 15) is 0 Å². The third kappa shape index (κ3) is 1.95. The van der Waals surface area contributed by atoms with E-state index in [2.05, 4.69) is 35.6 Å². The summed E-state index contributed by atoms with van der Waals surface area (Å²) in [5.41, 5.74) is 6.82. The van der Waals surface area contributed by atoms with Gasteiger partial charge < -0.3 is 10.6 Å². The van der Waals surface area contributed by atoms with Crippen molar-refractivity contribution in [1.82, 2.24) is 9.97 Å². The summed E-state index contributed by atoms with van der Waals surface area (Å²) in [7, 11) is 2.02. The SMILES string of the molecule is CCc1c(N)ncnc1N(C)C(C)C. The molecule has 4 nitrogen and oxygen atoms in total. The minimum Gasteiger partial charge on any atom is -0.383 e. The second-order valence-corrected chi connectivity index (χ2v) is 3.62. The van der Waals surface area contributed by atoms with Crippen LogP contribution in [0.3, 0.4) is 0 Å². The molecule has 4 heteroatoms. The first-order valence-electron chi connectivity index (χ1n) is 4.90. The number of hydrogen-bond acceptors (Lipinski definition) is 4. The summed E-state index contributed by atoms with van der Waals surface area (Å²) in [6.07, 6.45) is 2.38. The van der Waals surface area contributed by atoms with Crippen molar-refractivity contribution in [2.24, 2.45) is 0 Å². The van der Waals surface area contributed by atoms with Crippen LogP contribution < -0.4 is 10.6 Å². The molecule has 0 saturated carbocycles. The van der Waals surface area contributed by atoms with Gasteiger partial charge in [0.2, 0.25) is 0 Å². The number of nitrogens with two attached hydrogens (primary N) is 1. The molecule has 0 saturated heterocycles. The minimum atomic E-state index is 0.412. The van der Waals surface area contributed by atoms with Gasteiger partial charge in [0.25, 0.3) is 0 Å². The number of nitrogen functional groups attached to an aromatic ring is 1. The van der Waals surface area contributed by atoms with Crippen molar-refractivity contribution in [3.05, 3.63) is 11.9 Å². The van der Waals surface area contributed by atoms with Gasteiger partial charge in [-0.3, -0.25) is 0 Å². The van der Waals surface area contributed by atoms with Gasteiger partial charge in [-0.25, -0.2) is 9.97 Å². The molecule has 0 spiro atoms. The zero-order valence-corrected chi connectivity index (χ0v) is 9.28.